The quantitative estimate of drug-likeness (QED) is 0.554. The summed E-state index contributed by atoms with van der Waals surface area (Å²) in [5, 5.41) is 0. The molecule has 0 aliphatic carbocycles. The molecule has 37 heavy (non-hydrogen) atoms. The highest BCUT2D eigenvalue weighted by molar-refractivity contribution is 7.91. The number of fused-ring (bicyclic) bond motifs is 4. The summed E-state index contributed by atoms with van der Waals surface area (Å²) in [6, 6.07) is 8.66. The fourth-order valence-electron chi connectivity index (χ4n) is 6.51. The Bertz CT molecular complexity index is 1210. The highest BCUT2D eigenvalue weighted by Crippen LogP contribution is 2.43. The molecule has 1 aromatic rings. The number of piperazine rings is 1. The van der Waals surface area contributed by atoms with Crippen LogP contribution in [0, 0.1) is 11.3 Å². The zero-order chi connectivity index (χ0) is 26.6. The Hall–Kier alpha value is -2.05. The molecule has 206 valence electrons. The summed E-state index contributed by atoms with van der Waals surface area (Å²) in [5.41, 5.74) is 2.26. The van der Waals surface area contributed by atoms with Crippen molar-refractivity contribution in [1.82, 2.24) is 14.1 Å². The van der Waals surface area contributed by atoms with Crippen molar-refractivity contribution in [3.63, 3.8) is 0 Å². The van der Waals surface area contributed by atoms with Gasteiger partial charge in [-0.15, -0.1) is 0 Å². The maximum Gasteiger partial charge on any atom is 0.320 e. The summed E-state index contributed by atoms with van der Waals surface area (Å²) in [6.07, 6.45) is 2.31. The lowest BCUT2D eigenvalue weighted by atomic mass is 9.73. The second kappa shape index (κ2) is 9.60. The van der Waals surface area contributed by atoms with Crippen LogP contribution >= 0.6 is 0 Å². The molecule has 0 unspecified atom stereocenters. The third-order valence-corrected chi connectivity index (χ3v) is 11.5. The van der Waals surface area contributed by atoms with Gasteiger partial charge in [-0.3, -0.25) is 0 Å². The largest absolute Gasteiger partial charge is 0.369 e. The number of nitrogens with zero attached hydrogens (tertiary/aromatic N) is 5. The number of amides is 2. The van der Waals surface area contributed by atoms with E-state index in [2.05, 4.69) is 47.9 Å². The Labute approximate surface area is 221 Å². The average Bonchev–Trinajstić information content (AvgIpc) is 3.10. The van der Waals surface area contributed by atoms with Gasteiger partial charge in [-0.25, -0.2) is 21.6 Å². The Morgan fingerprint density at radius 1 is 0.865 bits per heavy atom. The smallest absolute Gasteiger partial charge is 0.320 e. The monoisotopic (exact) mass is 553 g/mol. The summed E-state index contributed by atoms with van der Waals surface area (Å²) >= 11 is 0. The van der Waals surface area contributed by atoms with Crippen molar-refractivity contribution in [2.24, 2.45) is 11.3 Å². The number of piperidine rings is 1. The van der Waals surface area contributed by atoms with Crippen molar-refractivity contribution < 1.29 is 21.6 Å². The fourth-order valence-corrected chi connectivity index (χ4v) is 8.54. The van der Waals surface area contributed by atoms with E-state index >= 15 is 0 Å². The van der Waals surface area contributed by atoms with Crippen molar-refractivity contribution in [2.45, 2.75) is 26.3 Å². The van der Waals surface area contributed by atoms with Crippen LogP contribution in [-0.4, -0.2) is 120 Å². The number of sulfone groups is 1. The van der Waals surface area contributed by atoms with E-state index < -0.39 is 19.9 Å². The van der Waals surface area contributed by atoms with Gasteiger partial charge < -0.3 is 19.6 Å². The van der Waals surface area contributed by atoms with Gasteiger partial charge in [0.2, 0.25) is 10.0 Å². The molecule has 0 aromatic heterocycles. The molecule has 0 radical (unpaired) electrons. The van der Waals surface area contributed by atoms with E-state index in [4.69, 9.17) is 0 Å². The number of hydrogen-bond donors (Lipinski definition) is 0. The molecule has 0 N–H and O–H groups in total. The van der Waals surface area contributed by atoms with Gasteiger partial charge in [0.25, 0.3) is 0 Å². The minimum absolute atomic E-state index is 0.0316. The van der Waals surface area contributed by atoms with Crippen LogP contribution in [0.1, 0.15) is 20.3 Å². The Morgan fingerprint density at radius 2 is 1.46 bits per heavy atom. The van der Waals surface area contributed by atoms with Crippen LogP contribution in [0.4, 0.5) is 16.2 Å². The van der Waals surface area contributed by atoms with Crippen molar-refractivity contribution in [3.8, 4) is 0 Å². The van der Waals surface area contributed by atoms with E-state index in [1.807, 2.05) is 4.90 Å². The van der Waals surface area contributed by atoms with Gasteiger partial charge in [-0.2, -0.15) is 4.31 Å². The molecule has 5 aliphatic rings. The molecular weight excluding hydrogens is 514 g/mol. The summed E-state index contributed by atoms with van der Waals surface area (Å²) in [7, 11) is -6.19. The molecular formula is C25H39N5O5S2. The molecule has 10 nitrogen and oxygen atoms in total. The van der Waals surface area contributed by atoms with Gasteiger partial charge in [0.05, 0.1) is 23.8 Å². The van der Waals surface area contributed by atoms with Crippen molar-refractivity contribution in [2.75, 3.05) is 86.5 Å². The normalized spacial score (nSPS) is 28.3. The molecule has 5 heterocycles. The number of carbonyl (C=O) groups is 1. The third kappa shape index (κ3) is 5.56. The summed E-state index contributed by atoms with van der Waals surface area (Å²) in [6.45, 7) is 9.67. The van der Waals surface area contributed by atoms with Gasteiger partial charge in [0, 0.05) is 70.3 Å². The van der Waals surface area contributed by atoms with Gasteiger partial charge in [-0.05, 0) is 42.0 Å². The van der Waals surface area contributed by atoms with Crippen LogP contribution < -0.4 is 9.80 Å². The Balaban J connectivity index is 1.29. The van der Waals surface area contributed by atoms with Crippen molar-refractivity contribution in [1.29, 1.82) is 0 Å². The summed E-state index contributed by atoms with van der Waals surface area (Å²) in [5.74, 6) is 0.439. The molecule has 2 bridgehead atoms. The SMILES string of the molecule is CC1(C)C[C@@H]2CN(C(=O)N3CCS(=O)(=O)CC3)C[C@H]1N(c1ccc(N3CCN(S(C)(=O)=O)CC3)cc1)C2. The third-order valence-electron chi connectivity index (χ3n) is 8.56. The molecule has 12 heteroatoms. The van der Waals surface area contributed by atoms with Crippen molar-refractivity contribution >= 4 is 37.3 Å². The van der Waals surface area contributed by atoms with Crippen LogP contribution in [0.3, 0.4) is 0 Å². The second-order valence-electron chi connectivity index (χ2n) is 11.7. The van der Waals surface area contributed by atoms with E-state index in [1.165, 1.54) is 10.6 Å². The zero-order valence-electron chi connectivity index (χ0n) is 22.0. The first-order valence-electron chi connectivity index (χ1n) is 13.1. The first kappa shape index (κ1) is 26.6. The average molecular weight is 554 g/mol. The maximum absolute atomic E-state index is 13.4. The molecule has 5 aliphatic heterocycles. The zero-order valence-corrected chi connectivity index (χ0v) is 23.7. The van der Waals surface area contributed by atoms with E-state index in [9.17, 15) is 21.6 Å². The van der Waals surface area contributed by atoms with Crippen LogP contribution in [-0.2, 0) is 19.9 Å². The Morgan fingerprint density at radius 3 is 2.05 bits per heavy atom. The van der Waals surface area contributed by atoms with Gasteiger partial charge >= 0.3 is 6.03 Å². The number of benzene rings is 1. The lowest BCUT2D eigenvalue weighted by Gasteiger charge is -2.48. The molecule has 2 atom stereocenters. The highest BCUT2D eigenvalue weighted by Gasteiger charge is 2.47. The molecule has 1 aromatic carbocycles. The molecule has 0 saturated carbocycles. The molecule has 5 fully saturated rings. The summed E-state index contributed by atoms with van der Waals surface area (Å²) in [4.78, 5) is 21.7. The van der Waals surface area contributed by atoms with Gasteiger partial charge in [-0.1, -0.05) is 13.8 Å². The summed E-state index contributed by atoms with van der Waals surface area (Å²) < 4.78 is 48.9. The van der Waals surface area contributed by atoms with Crippen LogP contribution in [0.2, 0.25) is 0 Å². The number of urea groups is 1. The minimum atomic E-state index is -3.15. The van der Waals surface area contributed by atoms with E-state index in [0.717, 1.165) is 24.3 Å². The number of anilines is 2. The van der Waals surface area contributed by atoms with Crippen molar-refractivity contribution in [3.05, 3.63) is 24.3 Å². The predicted octanol–water partition coefficient (Wildman–Crippen LogP) is 1.16. The fraction of sp³-hybridized carbons (Fsp3) is 0.720. The van der Waals surface area contributed by atoms with Gasteiger partial charge in [0.15, 0.2) is 9.84 Å². The van der Waals surface area contributed by atoms with Crippen LogP contribution in [0.25, 0.3) is 0 Å². The Kier molecular flexibility index (Phi) is 6.89. The van der Waals surface area contributed by atoms with Crippen LogP contribution in [0.15, 0.2) is 24.3 Å². The molecule has 0 spiro atoms. The maximum atomic E-state index is 13.4. The lowest BCUT2D eigenvalue weighted by Crippen LogP contribution is -2.55. The first-order chi connectivity index (χ1) is 17.3. The molecule has 6 rings (SSSR count). The van der Waals surface area contributed by atoms with Crippen LogP contribution in [0.5, 0.6) is 0 Å². The number of hydrogen-bond acceptors (Lipinski definition) is 7. The van der Waals surface area contributed by atoms with E-state index in [0.29, 0.717) is 45.2 Å². The minimum Gasteiger partial charge on any atom is -0.369 e. The standard InChI is InChI=1S/C25H39N5O5S2/c1-25(2)16-20-17-28(24(31)27-12-14-37(34,35)15-13-27)19-23(25)30(18-20)22-6-4-21(5-7-22)26-8-10-29(11-9-26)36(3,32)33/h4-7,20,23H,8-19H2,1-3H3/t20-,23-/m1/s1. The van der Waals surface area contributed by atoms with E-state index in [-0.39, 0.29) is 42.1 Å². The topological polar surface area (TPSA) is 102 Å². The molecule has 5 saturated heterocycles. The van der Waals surface area contributed by atoms with Gasteiger partial charge in [0.1, 0.15) is 0 Å². The first-order valence-corrected chi connectivity index (χ1v) is 16.8. The van der Waals surface area contributed by atoms with E-state index in [1.54, 1.807) is 4.90 Å². The number of carbonyl (C=O) groups excluding carboxylic acids is 1. The lowest BCUT2D eigenvalue weighted by molar-refractivity contribution is 0.153. The molecule has 2 amide bonds. The predicted molar refractivity (Wildman–Crippen MR) is 145 cm³/mol. The highest BCUT2D eigenvalue weighted by atomic mass is 32.2. The number of sulfonamides is 1. The second-order valence-corrected chi connectivity index (χ2v) is 16.0. The number of rotatable bonds is 3.